The van der Waals surface area contributed by atoms with Crippen molar-refractivity contribution in [3.63, 3.8) is 0 Å². The van der Waals surface area contributed by atoms with Crippen molar-refractivity contribution >= 4 is 43.9 Å². The van der Waals surface area contributed by atoms with Crippen LogP contribution < -0.4 is 0 Å². The zero-order valence-corrected chi connectivity index (χ0v) is 11.4. The van der Waals surface area contributed by atoms with Gasteiger partial charge in [-0.1, -0.05) is 19.1 Å². The maximum atomic E-state index is 3.51. The Bertz CT molecular complexity index is 46.9. The van der Waals surface area contributed by atoms with E-state index in [9.17, 15) is 0 Å². The number of hydrogen-bond donors (Lipinski definition) is 0. The van der Waals surface area contributed by atoms with Crippen molar-refractivity contribution in [1.29, 1.82) is 0 Å². The van der Waals surface area contributed by atoms with Crippen molar-refractivity contribution in [2.75, 3.05) is 0 Å². The quantitative estimate of drug-likeness (QED) is 0.474. The molecule has 0 fully saturated rings. The fourth-order valence-electron chi connectivity index (χ4n) is 0.289. The molecule has 3 heteroatoms. The summed E-state index contributed by atoms with van der Waals surface area (Å²) >= 11 is 2.09. The van der Waals surface area contributed by atoms with Crippen LogP contribution in [0.5, 0.6) is 0 Å². The Morgan fingerprint density at radius 1 is 1.40 bits per heavy atom. The van der Waals surface area contributed by atoms with Crippen LogP contribution in [-0.2, 0) is 0 Å². The Morgan fingerprint density at radius 3 is 1.70 bits per heavy atom. The highest BCUT2D eigenvalue weighted by Gasteiger charge is 1.74. The Kier molecular flexibility index (Phi) is 38.8. The summed E-state index contributed by atoms with van der Waals surface area (Å²) < 4.78 is 0. The topological polar surface area (TPSA) is 0 Å². The van der Waals surface area contributed by atoms with E-state index in [1.807, 2.05) is 6.08 Å². The molecule has 0 aromatic carbocycles. The number of halogens is 1. The predicted molar refractivity (Wildman–Crippen MR) is 57.5 cm³/mol. The van der Waals surface area contributed by atoms with Gasteiger partial charge in [-0.3, -0.25) is 0 Å². The van der Waals surface area contributed by atoms with Gasteiger partial charge in [-0.15, -0.1) is 35.6 Å². The third kappa shape index (κ3) is 35.5. The highest BCUT2D eigenvalue weighted by Crippen LogP contribution is 1.77. The summed E-state index contributed by atoms with van der Waals surface area (Å²) in [5.41, 5.74) is 0. The van der Waals surface area contributed by atoms with E-state index in [0.717, 1.165) is 15.2 Å². The van der Waals surface area contributed by atoms with Crippen LogP contribution in [0.3, 0.4) is 0 Å². The van der Waals surface area contributed by atoms with Crippen LogP contribution in [0, 0.1) is 0 Å². The van der Waals surface area contributed by atoms with Crippen molar-refractivity contribution < 1.29 is 0 Å². The molecule has 0 atom stereocenters. The summed E-state index contributed by atoms with van der Waals surface area (Å²) in [6.45, 7) is 8.01. The molecule has 0 aliphatic rings. The third-order valence-corrected chi connectivity index (χ3v) is 2.60. The van der Waals surface area contributed by atoms with Gasteiger partial charge in [-0.05, 0) is 0 Å². The molecule has 0 unspecified atom stereocenters. The van der Waals surface area contributed by atoms with Crippen LogP contribution in [0.4, 0.5) is 0 Å². The van der Waals surface area contributed by atoms with E-state index >= 15 is 0 Å². The fraction of sp³-hybridized carbons (Fsp3) is 0.714. The smallest absolute Gasteiger partial charge is 0.147 e. The molecule has 0 aromatic heterocycles. The predicted octanol–water partition coefficient (Wildman–Crippen LogP) is 2.21. The molecule has 0 rings (SSSR count). The Hall–Kier alpha value is 1.09. The van der Waals surface area contributed by atoms with Gasteiger partial charge >= 0.3 is 0 Å². The molecule has 0 saturated heterocycles. The zero-order valence-electron chi connectivity index (χ0n) is 7.39. The summed E-state index contributed by atoms with van der Waals surface area (Å²) in [5.74, 6) is 0. The van der Waals surface area contributed by atoms with Gasteiger partial charge < -0.3 is 0 Å². The van der Waals surface area contributed by atoms with Gasteiger partial charge in [0.1, 0.15) is 0 Å². The van der Waals surface area contributed by atoms with Gasteiger partial charge in [-0.25, -0.2) is 0 Å². The van der Waals surface area contributed by atoms with Crippen molar-refractivity contribution in [1.82, 2.24) is 0 Å². The second-order valence-electron chi connectivity index (χ2n) is 1.80. The average molecular weight is 192 g/mol. The average Bonchev–Trinajstić information content (AvgIpc) is 1.91. The second-order valence-corrected chi connectivity index (χ2v) is 4.83. The molecule has 0 aliphatic carbocycles. The summed E-state index contributed by atoms with van der Waals surface area (Å²) in [4.78, 5) is 0. The normalized spacial score (nSPS) is 6.20. The van der Waals surface area contributed by atoms with Crippen LogP contribution in [0.25, 0.3) is 0 Å². The summed E-state index contributed by atoms with van der Waals surface area (Å²) in [6.07, 6.45) is 1.94. The summed E-state index contributed by atoms with van der Waals surface area (Å²) in [6, 6.07) is 0. The molecule has 0 saturated carbocycles. The molecule has 59 valence electrons. The highest BCUT2D eigenvalue weighted by molar-refractivity contribution is 6.34. The molecule has 0 bridgehead atoms. The zero-order chi connectivity index (χ0) is 7.54. The maximum Gasteiger partial charge on any atom is 0.217 e. The lowest BCUT2D eigenvalue weighted by Gasteiger charge is -1.74. The van der Waals surface area contributed by atoms with E-state index < -0.39 is 0 Å². The first-order chi connectivity index (χ1) is 4.33. The molecular weight excluding hydrogens is 173 g/mol. The van der Waals surface area contributed by atoms with Gasteiger partial charge in [0.2, 0.25) is 16.3 Å². The molecule has 0 nitrogen and oxygen atoms in total. The molecular formula is C7H18Al2Cl. The van der Waals surface area contributed by atoms with Gasteiger partial charge in [0.25, 0.3) is 0 Å². The van der Waals surface area contributed by atoms with Crippen molar-refractivity contribution in [3.05, 3.63) is 12.7 Å². The number of hydrogen-bond acceptors (Lipinski definition) is 0. The lowest BCUT2D eigenvalue weighted by molar-refractivity contribution is 1.36. The van der Waals surface area contributed by atoms with Crippen molar-refractivity contribution in [2.24, 2.45) is 0 Å². The SMILES string of the molecule is C=C[CH2][AlH2].C[CH2][Al][CH2]C.Cl. The first-order valence-corrected chi connectivity index (χ1v) is 6.80. The minimum atomic E-state index is 0. The summed E-state index contributed by atoms with van der Waals surface area (Å²) in [7, 11) is 0. The largest absolute Gasteiger partial charge is 0.217 e. The fourth-order valence-corrected chi connectivity index (χ4v) is 0.866. The van der Waals surface area contributed by atoms with Crippen LogP contribution in [0.15, 0.2) is 12.7 Å². The highest BCUT2D eigenvalue weighted by atomic mass is 35.5. The molecule has 0 spiro atoms. The second kappa shape index (κ2) is 22.5. The van der Waals surface area contributed by atoms with Gasteiger partial charge in [0.05, 0.1) is 0 Å². The Morgan fingerprint density at radius 2 is 1.70 bits per heavy atom. The van der Waals surface area contributed by atoms with E-state index in [2.05, 4.69) is 20.4 Å². The van der Waals surface area contributed by atoms with Crippen LogP contribution in [-0.4, -0.2) is 31.5 Å². The van der Waals surface area contributed by atoms with E-state index in [4.69, 9.17) is 0 Å². The first-order valence-electron chi connectivity index (χ1n) is 3.75. The number of rotatable bonds is 3. The van der Waals surface area contributed by atoms with Gasteiger partial charge in [-0.2, -0.15) is 0 Å². The van der Waals surface area contributed by atoms with E-state index in [-0.39, 0.29) is 12.4 Å². The number of allylic oxidation sites excluding steroid dienone is 1. The van der Waals surface area contributed by atoms with Gasteiger partial charge in [0, 0.05) is 0 Å². The molecule has 1 radical (unpaired) electrons. The van der Waals surface area contributed by atoms with E-state index in [1.165, 1.54) is 32.1 Å². The van der Waals surface area contributed by atoms with Crippen LogP contribution >= 0.6 is 12.4 Å². The van der Waals surface area contributed by atoms with Crippen molar-refractivity contribution in [3.8, 4) is 0 Å². The lowest BCUT2D eigenvalue weighted by atomic mass is 10.8. The minimum Gasteiger partial charge on any atom is -0.147 e. The van der Waals surface area contributed by atoms with Crippen molar-refractivity contribution in [2.45, 2.75) is 29.7 Å². The molecule has 0 heterocycles. The van der Waals surface area contributed by atoms with E-state index in [0.29, 0.717) is 0 Å². The molecule has 0 N–H and O–H groups in total. The monoisotopic (exact) mass is 191 g/mol. The van der Waals surface area contributed by atoms with Crippen LogP contribution in [0.2, 0.25) is 15.8 Å². The molecule has 0 aliphatic heterocycles. The first kappa shape index (κ1) is 17.3. The molecule has 10 heavy (non-hydrogen) atoms. The summed E-state index contributed by atoms with van der Waals surface area (Å²) in [5, 5.41) is 4.08. The molecule has 0 amide bonds. The van der Waals surface area contributed by atoms with Crippen LogP contribution in [0.1, 0.15) is 13.8 Å². The van der Waals surface area contributed by atoms with Gasteiger partial charge in [0.15, 0.2) is 15.2 Å². The third-order valence-electron chi connectivity index (χ3n) is 0.866. The molecule has 0 aromatic rings. The maximum absolute atomic E-state index is 3.51. The Balaban J connectivity index is -0.0000000910. The lowest BCUT2D eigenvalue weighted by Crippen LogP contribution is -1.76. The minimum absolute atomic E-state index is 0. The van der Waals surface area contributed by atoms with E-state index in [1.54, 1.807) is 0 Å². The standard InChI is InChI=1S/C3H5.2C2H5.2Al.ClH.2H/c1-3-2;2*1-2;;;;;/h3H,1-2H2;2*1H2,2H3;;;1H;;. The Labute approximate surface area is 86.0 Å².